The Balaban J connectivity index is 1.45. The molecule has 0 unspecified atom stereocenters. The average Bonchev–Trinajstić information content (AvgIpc) is 2.84. The van der Waals surface area contributed by atoms with E-state index in [1.54, 1.807) is 6.21 Å². The molecule has 0 saturated heterocycles. The van der Waals surface area contributed by atoms with E-state index in [2.05, 4.69) is 38.4 Å². The van der Waals surface area contributed by atoms with Gasteiger partial charge < -0.3 is 10.1 Å². The molecule has 0 aromatic heterocycles. The number of fused-ring (bicyclic) bond motifs is 1. The second-order valence-corrected chi connectivity index (χ2v) is 8.95. The summed E-state index contributed by atoms with van der Waals surface area (Å²) in [5.74, 6) is 0.437. The maximum absolute atomic E-state index is 12.2. The van der Waals surface area contributed by atoms with Crippen LogP contribution in [0.25, 0.3) is 10.8 Å². The number of hydrogen-bond acceptors (Lipinski definition) is 4. The number of hydrogen-bond donors (Lipinski definition) is 2. The monoisotopic (exact) mass is 569 g/mol. The fourth-order valence-electron chi connectivity index (χ4n) is 3.23. The Morgan fingerprint density at radius 1 is 0.970 bits per heavy atom. The number of amides is 1. The molecule has 0 aliphatic heterocycles. The second-order valence-electron chi connectivity index (χ2n) is 7.27. The molecule has 4 aromatic rings. The Morgan fingerprint density at radius 2 is 1.73 bits per heavy atom. The van der Waals surface area contributed by atoms with E-state index < -0.39 is 0 Å². The first kappa shape index (κ1) is 23.1. The minimum Gasteiger partial charge on any atom is -0.488 e. The topological polar surface area (TPSA) is 62.7 Å². The molecule has 0 radical (unpaired) electrons. The fraction of sp³-hybridized carbons (Fsp3) is 0.0769. The number of carbonyl (C=O) groups excluding carboxylic acids is 1. The minimum absolute atomic E-state index is 0.118. The van der Waals surface area contributed by atoms with Crippen molar-refractivity contribution in [1.82, 2.24) is 5.43 Å². The summed E-state index contributed by atoms with van der Waals surface area (Å²) in [7, 11) is 0. The maximum Gasteiger partial charge on any atom is 0.259 e. The molecule has 4 aromatic carbocycles. The summed E-state index contributed by atoms with van der Waals surface area (Å²) in [4.78, 5) is 12.2. The van der Waals surface area contributed by atoms with E-state index in [-0.39, 0.29) is 12.5 Å². The zero-order valence-electron chi connectivity index (χ0n) is 17.6. The normalized spacial score (nSPS) is 11.0. The van der Waals surface area contributed by atoms with Crippen molar-refractivity contribution in [3.63, 3.8) is 0 Å². The van der Waals surface area contributed by atoms with Crippen molar-refractivity contribution in [2.75, 3.05) is 11.9 Å². The van der Waals surface area contributed by atoms with Crippen molar-refractivity contribution in [3.05, 3.63) is 105 Å². The molecule has 4 rings (SSSR count). The molecule has 166 valence electrons. The van der Waals surface area contributed by atoms with Crippen LogP contribution in [0.15, 0.2) is 90.0 Å². The Bertz CT molecular complexity index is 1280. The molecule has 2 N–H and O–H groups in total. The Labute approximate surface area is 210 Å². The van der Waals surface area contributed by atoms with Crippen LogP contribution in [0, 0.1) is 3.57 Å². The number of nitrogens with one attached hydrogen (secondary N) is 2. The van der Waals surface area contributed by atoms with E-state index in [0.717, 1.165) is 31.2 Å². The second kappa shape index (κ2) is 11.2. The van der Waals surface area contributed by atoms with Crippen molar-refractivity contribution in [1.29, 1.82) is 0 Å². The number of hydrazone groups is 1. The smallest absolute Gasteiger partial charge is 0.259 e. The number of benzene rings is 4. The van der Waals surface area contributed by atoms with Crippen molar-refractivity contribution >= 4 is 62.8 Å². The Kier molecular flexibility index (Phi) is 7.80. The van der Waals surface area contributed by atoms with Crippen LogP contribution in [0.5, 0.6) is 5.75 Å². The molecule has 0 aliphatic carbocycles. The van der Waals surface area contributed by atoms with Gasteiger partial charge in [0.05, 0.1) is 12.8 Å². The van der Waals surface area contributed by atoms with E-state index in [9.17, 15) is 4.79 Å². The van der Waals surface area contributed by atoms with Crippen LogP contribution >= 0.6 is 34.2 Å². The summed E-state index contributed by atoms with van der Waals surface area (Å²) in [5.41, 5.74) is 5.26. The van der Waals surface area contributed by atoms with Crippen LogP contribution in [0.4, 0.5) is 5.69 Å². The number of nitrogens with zero attached hydrogens (tertiary/aromatic N) is 1. The summed E-state index contributed by atoms with van der Waals surface area (Å²) in [6.45, 7) is 0.510. The SMILES string of the molecule is O=C(CNc1ccc(I)cc1)N/N=C\c1c(OCc2ccc(Cl)cc2)ccc2ccccc12. The van der Waals surface area contributed by atoms with Gasteiger partial charge >= 0.3 is 0 Å². The predicted molar refractivity (Wildman–Crippen MR) is 143 cm³/mol. The van der Waals surface area contributed by atoms with Gasteiger partial charge in [-0.15, -0.1) is 0 Å². The number of carbonyl (C=O) groups is 1. The molecule has 0 atom stereocenters. The number of ether oxygens (including phenoxy) is 1. The fourth-order valence-corrected chi connectivity index (χ4v) is 3.72. The quantitative estimate of drug-likeness (QED) is 0.150. The van der Waals surface area contributed by atoms with Crippen LogP contribution in [-0.2, 0) is 11.4 Å². The van der Waals surface area contributed by atoms with Crippen molar-refractivity contribution in [3.8, 4) is 5.75 Å². The zero-order valence-corrected chi connectivity index (χ0v) is 20.5. The zero-order chi connectivity index (χ0) is 23.0. The van der Waals surface area contributed by atoms with Gasteiger partial charge in [0, 0.05) is 19.8 Å². The van der Waals surface area contributed by atoms with Crippen LogP contribution in [0.1, 0.15) is 11.1 Å². The van der Waals surface area contributed by atoms with Gasteiger partial charge in [0.2, 0.25) is 0 Å². The summed E-state index contributed by atoms with van der Waals surface area (Å²) < 4.78 is 7.22. The first-order chi connectivity index (χ1) is 16.1. The van der Waals surface area contributed by atoms with Gasteiger partial charge in [-0.25, -0.2) is 5.43 Å². The molecule has 0 heterocycles. The van der Waals surface area contributed by atoms with Crippen LogP contribution < -0.4 is 15.5 Å². The third kappa shape index (κ3) is 6.46. The third-order valence-corrected chi connectivity index (χ3v) is 5.89. The largest absolute Gasteiger partial charge is 0.488 e. The minimum atomic E-state index is -0.242. The Hall–Kier alpha value is -3.10. The van der Waals surface area contributed by atoms with Crippen LogP contribution in [-0.4, -0.2) is 18.7 Å². The van der Waals surface area contributed by atoms with Gasteiger partial charge in [-0.3, -0.25) is 4.79 Å². The summed E-state index contributed by atoms with van der Waals surface area (Å²) >= 11 is 8.21. The maximum atomic E-state index is 12.2. The van der Waals surface area contributed by atoms with Crippen molar-refractivity contribution in [2.45, 2.75) is 6.61 Å². The summed E-state index contributed by atoms with van der Waals surface area (Å²) in [5, 5.41) is 9.99. The van der Waals surface area contributed by atoms with Crippen molar-refractivity contribution < 1.29 is 9.53 Å². The first-order valence-corrected chi connectivity index (χ1v) is 11.7. The van der Waals surface area contributed by atoms with Gasteiger partial charge in [-0.1, -0.05) is 54.1 Å². The van der Waals surface area contributed by atoms with Crippen LogP contribution in [0.3, 0.4) is 0 Å². The molecule has 0 aliphatic rings. The number of halogens is 2. The molecule has 33 heavy (non-hydrogen) atoms. The van der Waals surface area contributed by atoms with E-state index in [1.165, 1.54) is 0 Å². The van der Waals surface area contributed by atoms with E-state index >= 15 is 0 Å². The highest BCUT2D eigenvalue weighted by atomic mass is 127. The molecule has 0 fully saturated rings. The number of anilines is 1. The van der Waals surface area contributed by atoms with Crippen molar-refractivity contribution in [2.24, 2.45) is 5.10 Å². The highest BCUT2D eigenvalue weighted by Crippen LogP contribution is 2.27. The molecule has 1 amide bonds. The van der Waals surface area contributed by atoms with Gasteiger partial charge in [-0.2, -0.15) is 5.10 Å². The number of rotatable bonds is 8. The standard InChI is InChI=1S/C26H21ClIN3O2/c27-20-8-5-18(6-9-20)17-33-25-14-7-19-3-1-2-4-23(19)24(25)15-30-31-26(32)16-29-22-12-10-21(28)11-13-22/h1-15,29H,16-17H2,(H,31,32)/b30-15-. The lowest BCUT2D eigenvalue weighted by Crippen LogP contribution is -2.25. The molecular formula is C26H21ClIN3O2. The summed E-state index contributed by atoms with van der Waals surface area (Å²) in [6.07, 6.45) is 1.63. The lowest BCUT2D eigenvalue weighted by molar-refractivity contribution is -0.119. The Morgan fingerprint density at radius 3 is 2.52 bits per heavy atom. The lowest BCUT2D eigenvalue weighted by Gasteiger charge is -2.12. The van der Waals surface area contributed by atoms with Gasteiger partial charge in [0.1, 0.15) is 12.4 Å². The van der Waals surface area contributed by atoms with Gasteiger partial charge in [0.25, 0.3) is 5.91 Å². The van der Waals surface area contributed by atoms with Gasteiger partial charge in [-0.05, 0) is 81.4 Å². The molecule has 0 bridgehead atoms. The predicted octanol–water partition coefficient (Wildman–Crippen LogP) is 6.24. The highest BCUT2D eigenvalue weighted by Gasteiger charge is 2.08. The molecule has 5 nitrogen and oxygen atoms in total. The highest BCUT2D eigenvalue weighted by molar-refractivity contribution is 14.1. The first-order valence-electron chi connectivity index (χ1n) is 10.3. The third-order valence-electron chi connectivity index (χ3n) is 4.92. The van der Waals surface area contributed by atoms with E-state index in [0.29, 0.717) is 17.4 Å². The average molecular weight is 570 g/mol. The lowest BCUT2D eigenvalue weighted by atomic mass is 10.0. The molecule has 0 saturated carbocycles. The van der Waals surface area contributed by atoms with Crippen LogP contribution in [0.2, 0.25) is 5.02 Å². The molecular weight excluding hydrogens is 549 g/mol. The van der Waals surface area contributed by atoms with E-state index in [1.807, 2.05) is 84.9 Å². The van der Waals surface area contributed by atoms with E-state index in [4.69, 9.17) is 16.3 Å². The summed E-state index contributed by atoms with van der Waals surface area (Å²) in [6, 6.07) is 27.2. The molecule has 7 heteroatoms. The van der Waals surface area contributed by atoms with Gasteiger partial charge in [0.15, 0.2) is 0 Å². The molecule has 0 spiro atoms.